The minimum atomic E-state index is -0.945. The zero-order valence-corrected chi connectivity index (χ0v) is 44.2. The second kappa shape index (κ2) is 23.6. The van der Waals surface area contributed by atoms with Crippen molar-refractivity contribution in [3.8, 4) is 11.5 Å². The molecule has 4 atom stereocenters. The van der Waals surface area contributed by atoms with Gasteiger partial charge in [0.15, 0.2) is 23.1 Å². The van der Waals surface area contributed by atoms with Gasteiger partial charge in [-0.1, -0.05) is 71.7 Å². The van der Waals surface area contributed by atoms with E-state index in [4.69, 9.17) is 52.1 Å². The van der Waals surface area contributed by atoms with E-state index in [2.05, 4.69) is 43.2 Å². The zero-order chi connectivity index (χ0) is 53.9. The van der Waals surface area contributed by atoms with Crippen molar-refractivity contribution in [3.63, 3.8) is 0 Å². The first-order valence-electron chi connectivity index (χ1n) is 26.3. The van der Waals surface area contributed by atoms with Crippen molar-refractivity contribution in [2.75, 3.05) is 39.4 Å². The molecule has 6 heterocycles. The topological polar surface area (TPSA) is 154 Å². The summed E-state index contributed by atoms with van der Waals surface area (Å²) in [6.45, 7) is 8.42. The SMILES string of the molecule is O=C(O)c1ccc2nc(CN3CC[C@@H](c4cccc(COc5ccc(Cl)cc5F)c4)C3)n(C[C@@H]3CCO3)c2c1.O=C(O)c1ccc2nc(CN3CC[C@H](c4cccc(COc5ccc(Cl)cc5F)c4)C3)n(C[C@@H]3CCO3)c2c1. The van der Waals surface area contributed by atoms with Gasteiger partial charge in [-0.05, 0) is 146 Å². The van der Waals surface area contributed by atoms with Gasteiger partial charge < -0.3 is 38.3 Å². The fourth-order valence-electron chi connectivity index (χ4n) is 10.8. The number of rotatable bonds is 18. The van der Waals surface area contributed by atoms with Gasteiger partial charge in [-0.2, -0.15) is 0 Å². The second-order valence-electron chi connectivity index (χ2n) is 20.5. The Morgan fingerprint density at radius 3 is 1.40 bits per heavy atom. The van der Waals surface area contributed by atoms with Crippen molar-refractivity contribution in [1.29, 1.82) is 0 Å². The summed E-state index contributed by atoms with van der Waals surface area (Å²) < 4.78 is 55.2. The maximum Gasteiger partial charge on any atom is 0.335 e. The Balaban J connectivity index is 0.000000165. The monoisotopic (exact) mass is 1100 g/mol. The van der Waals surface area contributed by atoms with Crippen LogP contribution in [0.15, 0.2) is 121 Å². The lowest BCUT2D eigenvalue weighted by Gasteiger charge is -2.28. The molecule has 18 heteroatoms. The van der Waals surface area contributed by atoms with Gasteiger partial charge in [0.2, 0.25) is 0 Å². The third-order valence-corrected chi connectivity index (χ3v) is 15.7. The van der Waals surface area contributed by atoms with E-state index < -0.39 is 23.6 Å². The van der Waals surface area contributed by atoms with Crippen molar-refractivity contribution < 1.29 is 47.5 Å². The lowest BCUT2D eigenvalue weighted by molar-refractivity contribution is -0.0592. The fraction of sp³-hybridized carbons (Fsp3) is 0.333. The van der Waals surface area contributed by atoms with Crippen LogP contribution in [0.5, 0.6) is 11.5 Å². The highest BCUT2D eigenvalue weighted by molar-refractivity contribution is 6.30. The molecule has 404 valence electrons. The largest absolute Gasteiger partial charge is 0.486 e. The Labute approximate surface area is 459 Å². The molecular formula is C60H58Cl2F2N6O8. The Hall–Kier alpha value is -6.92. The summed E-state index contributed by atoms with van der Waals surface area (Å²) in [7, 11) is 0. The molecule has 0 aliphatic carbocycles. The molecule has 8 aromatic rings. The highest BCUT2D eigenvalue weighted by atomic mass is 35.5. The van der Waals surface area contributed by atoms with Gasteiger partial charge in [0.05, 0.1) is 71.6 Å². The highest BCUT2D eigenvalue weighted by Crippen LogP contribution is 2.33. The molecule has 0 saturated carbocycles. The molecule has 4 fully saturated rings. The van der Waals surface area contributed by atoms with Crippen molar-refractivity contribution in [1.82, 2.24) is 28.9 Å². The number of fused-ring (bicyclic) bond motifs is 2. The predicted octanol–water partition coefficient (Wildman–Crippen LogP) is 11.8. The predicted molar refractivity (Wildman–Crippen MR) is 292 cm³/mol. The van der Waals surface area contributed by atoms with Crippen LogP contribution in [0, 0.1) is 11.6 Å². The third-order valence-electron chi connectivity index (χ3n) is 15.2. The molecule has 78 heavy (non-hydrogen) atoms. The number of hydrogen-bond donors (Lipinski definition) is 2. The van der Waals surface area contributed by atoms with Gasteiger partial charge in [-0.25, -0.2) is 28.3 Å². The van der Waals surface area contributed by atoms with Crippen molar-refractivity contribution in [2.24, 2.45) is 0 Å². The number of aromatic carboxylic acids is 2. The van der Waals surface area contributed by atoms with Crippen LogP contribution >= 0.6 is 23.2 Å². The number of hydrogen-bond acceptors (Lipinski definition) is 10. The number of likely N-dealkylation sites (tertiary alicyclic amines) is 2. The second-order valence-corrected chi connectivity index (χ2v) is 21.4. The standard InChI is InChI=1S/2C30H29ClFN3O4/c2*31-23-5-7-28(25(32)14-23)39-18-19-2-1-3-20(12-19)22-8-10-34(15-22)17-29-33-26-6-4-21(30(36)37)13-27(26)35(29)16-24-9-11-38-24/h2*1-7,12-14,22,24H,8-11,15-18H2,(H,36,37)/t22-,24+;22-,24-/m10/s1. The van der Waals surface area contributed by atoms with E-state index in [1.165, 1.54) is 23.3 Å². The van der Waals surface area contributed by atoms with Gasteiger partial charge in [0.1, 0.15) is 24.9 Å². The van der Waals surface area contributed by atoms with E-state index in [-0.39, 0.29) is 48.0 Å². The number of nitrogens with zero attached hydrogens (tertiary/aromatic N) is 6. The van der Waals surface area contributed by atoms with E-state index in [0.717, 1.165) is 110 Å². The summed E-state index contributed by atoms with van der Waals surface area (Å²) in [6, 6.07) is 35.6. The van der Waals surface area contributed by atoms with Crippen LogP contribution in [0.1, 0.15) is 92.1 Å². The first kappa shape index (κ1) is 53.1. The van der Waals surface area contributed by atoms with Crippen LogP contribution in [0.3, 0.4) is 0 Å². The number of imidazole rings is 2. The van der Waals surface area contributed by atoms with Crippen molar-refractivity contribution in [2.45, 2.75) is 89.1 Å². The minimum absolute atomic E-state index is 0.132. The van der Waals surface area contributed by atoms with Gasteiger partial charge >= 0.3 is 11.9 Å². The minimum Gasteiger partial charge on any atom is -0.486 e. The Morgan fingerprint density at radius 2 is 1.01 bits per heavy atom. The highest BCUT2D eigenvalue weighted by Gasteiger charge is 2.30. The summed E-state index contributed by atoms with van der Waals surface area (Å²) in [5.41, 5.74) is 8.22. The first-order valence-corrected chi connectivity index (χ1v) is 27.1. The van der Waals surface area contributed by atoms with Gasteiger partial charge in [-0.3, -0.25) is 9.80 Å². The average molecular weight is 1100 g/mol. The number of aromatic nitrogens is 4. The van der Waals surface area contributed by atoms with Crippen LogP contribution < -0.4 is 9.47 Å². The number of carboxylic acid groups (broad SMARTS) is 2. The van der Waals surface area contributed by atoms with E-state index in [9.17, 15) is 28.6 Å². The molecule has 0 spiro atoms. The van der Waals surface area contributed by atoms with E-state index in [0.29, 0.717) is 48.1 Å². The number of benzene rings is 6. The Kier molecular flexibility index (Phi) is 16.1. The molecule has 4 saturated heterocycles. The lowest BCUT2D eigenvalue weighted by Crippen LogP contribution is -2.32. The molecule has 0 bridgehead atoms. The molecule has 6 aromatic carbocycles. The number of halogens is 4. The third kappa shape index (κ3) is 12.3. The molecule has 2 aromatic heterocycles. The average Bonchev–Trinajstić information content (AvgIpc) is 4.23. The molecule has 4 aliphatic heterocycles. The molecule has 4 aliphatic rings. The smallest absolute Gasteiger partial charge is 0.335 e. The maximum atomic E-state index is 14.1. The van der Waals surface area contributed by atoms with E-state index >= 15 is 0 Å². The fourth-order valence-corrected chi connectivity index (χ4v) is 11.1. The molecule has 2 N–H and O–H groups in total. The summed E-state index contributed by atoms with van der Waals surface area (Å²) in [5.74, 6) is 0.112. The molecular weight excluding hydrogens is 1040 g/mol. The van der Waals surface area contributed by atoms with Crippen LogP contribution in [-0.2, 0) is 48.9 Å². The van der Waals surface area contributed by atoms with Crippen LogP contribution in [0.2, 0.25) is 10.0 Å². The summed E-state index contributed by atoms with van der Waals surface area (Å²) in [6.07, 6.45) is 4.29. The Bertz CT molecular complexity index is 3270. The Morgan fingerprint density at radius 1 is 0.577 bits per heavy atom. The van der Waals surface area contributed by atoms with Crippen molar-refractivity contribution >= 4 is 57.2 Å². The van der Waals surface area contributed by atoms with Gasteiger partial charge in [0, 0.05) is 36.3 Å². The summed E-state index contributed by atoms with van der Waals surface area (Å²) in [5, 5.41) is 19.7. The molecule has 12 rings (SSSR count). The van der Waals surface area contributed by atoms with Crippen molar-refractivity contribution in [3.05, 3.63) is 188 Å². The summed E-state index contributed by atoms with van der Waals surface area (Å²) in [4.78, 5) is 37.7. The van der Waals surface area contributed by atoms with E-state index in [1.807, 2.05) is 24.3 Å². The summed E-state index contributed by atoms with van der Waals surface area (Å²) >= 11 is 11.7. The molecule has 0 unspecified atom stereocenters. The lowest BCUT2D eigenvalue weighted by atomic mass is 9.97. The van der Waals surface area contributed by atoms with Gasteiger partial charge in [0.25, 0.3) is 0 Å². The van der Waals surface area contributed by atoms with Crippen LogP contribution in [-0.4, -0.2) is 103 Å². The number of carbonyl (C=O) groups is 2. The van der Waals surface area contributed by atoms with E-state index in [1.54, 1.807) is 60.7 Å². The zero-order valence-electron chi connectivity index (χ0n) is 42.7. The normalized spacial score (nSPS) is 19.3. The molecule has 0 amide bonds. The number of ether oxygens (including phenoxy) is 4. The first-order chi connectivity index (χ1) is 37.8. The van der Waals surface area contributed by atoms with Gasteiger partial charge in [-0.15, -0.1) is 0 Å². The van der Waals surface area contributed by atoms with Crippen LogP contribution in [0.4, 0.5) is 8.78 Å². The van der Waals surface area contributed by atoms with Crippen LogP contribution in [0.25, 0.3) is 22.1 Å². The number of carboxylic acids is 2. The molecule has 14 nitrogen and oxygen atoms in total. The maximum absolute atomic E-state index is 14.1. The quantitative estimate of drug-likeness (QED) is 0.0841. The molecule has 0 radical (unpaired) electrons.